The van der Waals surface area contributed by atoms with E-state index >= 15 is 0 Å². The number of nitrogens with zero attached hydrogens (tertiary/aromatic N) is 1. The number of likely N-dealkylation sites (N-methyl/N-ethyl adjacent to an activating group) is 2. The van der Waals surface area contributed by atoms with E-state index in [-0.39, 0.29) is 30.2 Å². The number of quaternary nitrogens is 1. The fraction of sp³-hybridized carbons (Fsp3) is 0.600. The van der Waals surface area contributed by atoms with E-state index < -0.39 is 0 Å². The van der Waals surface area contributed by atoms with Crippen molar-refractivity contribution in [3.63, 3.8) is 0 Å². The van der Waals surface area contributed by atoms with Crippen LogP contribution in [-0.4, -0.2) is 48.9 Å². The molecule has 0 spiro atoms. The van der Waals surface area contributed by atoms with Crippen molar-refractivity contribution in [1.29, 1.82) is 0 Å². The van der Waals surface area contributed by atoms with Crippen LogP contribution in [0.1, 0.15) is 46.0 Å². The van der Waals surface area contributed by atoms with Crippen molar-refractivity contribution < 1.29 is 18.9 Å². The Hall–Kier alpha value is -1.95. The van der Waals surface area contributed by atoms with Crippen LogP contribution in [-0.2, 0) is 9.59 Å². The number of carbonyl (C=O) groups is 2. The number of carbonyl (C=O) groups excluding carboxylic acids is 2. The van der Waals surface area contributed by atoms with Gasteiger partial charge in [0.25, 0.3) is 11.8 Å². The molecule has 1 aliphatic rings. The minimum atomic E-state index is -0.340. The van der Waals surface area contributed by atoms with Gasteiger partial charge < -0.3 is 15.1 Å². The third-order valence-electron chi connectivity index (χ3n) is 5.32. The van der Waals surface area contributed by atoms with Gasteiger partial charge in [0.15, 0.2) is 12.6 Å². The van der Waals surface area contributed by atoms with Gasteiger partial charge in [-0.2, -0.15) is 0 Å². The van der Waals surface area contributed by atoms with Crippen LogP contribution >= 0.6 is 0 Å². The van der Waals surface area contributed by atoms with Gasteiger partial charge >= 0.3 is 0 Å². The molecule has 2 amide bonds. The first-order valence-corrected chi connectivity index (χ1v) is 9.60. The molecule has 1 aliphatic carbocycles. The number of rotatable bonds is 7. The van der Waals surface area contributed by atoms with Crippen LogP contribution in [0.2, 0.25) is 0 Å². The lowest BCUT2D eigenvalue weighted by Crippen LogP contribution is -3.15. The summed E-state index contributed by atoms with van der Waals surface area (Å²) in [6, 6.07) is 5.72. The monoisotopic (exact) mass is 364 g/mol. The predicted octanol–water partition coefficient (Wildman–Crippen LogP) is 1.85. The highest BCUT2D eigenvalue weighted by Crippen LogP contribution is 2.22. The normalized spacial score (nSPS) is 17.4. The largest absolute Gasteiger partial charge is 0.335 e. The molecule has 144 valence electrons. The van der Waals surface area contributed by atoms with E-state index in [4.69, 9.17) is 0 Å². The fourth-order valence-electron chi connectivity index (χ4n) is 3.59. The molecule has 0 aliphatic heterocycles. The Morgan fingerprint density at radius 2 is 1.85 bits per heavy atom. The van der Waals surface area contributed by atoms with Crippen molar-refractivity contribution in [2.45, 2.75) is 58.0 Å². The minimum Gasteiger partial charge on any atom is -0.335 e. The molecular formula is C20H31FN3O2+. The molecule has 0 heterocycles. The molecule has 6 heteroatoms. The van der Waals surface area contributed by atoms with Gasteiger partial charge in [0.2, 0.25) is 0 Å². The predicted molar refractivity (Wildman–Crippen MR) is 101 cm³/mol. The Morgan fingerprint density at radius 1 is 1.23 bits per heavy atom. The lowest BCUT2D eigenvalue weighted by molar-refractivity contribution is -0.886. The van der Waals surface area contributed by atoms with Crippen LogP contribution in [0.15, 0.2) is 24.3 Å². The SMILES string of the molecule is CCN(C(=O)[C@@H](C)[NH+](C)CC(=O)Nc1ccc(F)cc1)C1CCCCC1. The van der Waals surface area contributed by atoms with Gasteiger partial charge in [-0.1, -0.05) is 19.3 Å². The van der Waals surface area contributed by atoms with Crippen molar-refractivity contribution >= 4 is 17.5 Å². The number of hydrogen-bond acceptors (Lipinski definition) is 2. The molecule has 2 rings (SSSR count). The zero-order valence-electron chi connectivity index (χ0n) is 16.1. The van der Waals surface area contributed by atoms with Crippen LogP contribution in [0.4, 0.5) is 10.1 Å². The maximum absolute atomic E-state index is 12.9. The number of amides is 2. The van der Waals surface area contributed by atoms with Crippen LogP contribution in [0.25, 0.3) is 0 Å². The Morgan fingerprint density at radius 3 is 2.42 bits per heavy atom. The first-order valence-electron chi connectivity index (χ1n) is 9.60. The Balaban J connectivity index is 1.89. The van der Waals surface area contributed by atoms with Crippen molar-refractivity contribution in [3.8, 4) is 0 Å². The summed E-state index contributed by atoms with van der Waals surface area (Å²) in [5.41, 5.74) is 0.556. The van der Waals surface area contributed by atoms with E-state index in [1.54, 1.807) is 0 Å². The molecule has 1 saturated carbocycles. The second-order valence-corrected chi connectivity index (χ2v) is 7.22. The second-order valence-electron chi connectivity index (χ2n) is 7.22. The van der Waals surface area contributed by atoms with Gasteiger partial charge in [0.05, 0.1) is 7.05 Å². The van der Waals surface area contributed by atoms with Gasteiger partial charge in [-0.3, -0.25) is 9.59 Å². The Labute approximate surface area is 155 Å². The van der Waals surface area contributed by atoms with E-state index in [0.717, 1.165) is 17.7 Å². The molecule has 0 bridgehead atoms. The quantitative estimate of drug-likeness (QED) is 0.776. The van der Waals surface area contributed by atoms with Crippen LogP contribution in [0, 0.1) is 5.82 Å². The molecule has 2 N–H and O–H groups in total. The third kappa shape index (κ3) is 5.53. The highest BCUT2D eigenvalue weighted by Gasteiger charge is 2.32. The average molecular weight is 364 g/mol. The molecule has 26 heavy (non-hydrogen) atoms. The van der Waals surface area contributed by atoms with Crippen molar-refractivity contribution in [1.82, 2.24) is 4.90 Å². The molecule has 0 saturated heterocycles. The van der Waals surface area contributed by atoms with Gasteiger partial charge in [-0.15, -0.1) is 0 Å². The number of anilines is 1. The molecule has 2 atom stereocenters. The average Bonchev–Trinajstić information content (AvgIpc) is 2.64. The van der Waals surface area contributed by atoms with Gasteiger partial charge in [0, 0.05) is 18.3 Å². The highest BCUT2D eigenvalue weighted by molar-refractivity contribution is 5.91. The van der Waals surface area contributed by atoms with E-state index in [9.17, 15) is 14.0 Å². The number of nitrogens with one attached hydrogen (secondary N) is 2. The summed E-state index contributed by atoms with van der Waals surface area (Å²) < 4.78 is 12.9. The topological polar surface area (TPSA) is 53.9 Å². The summed E-state index contributed by atoms with van der Waals surface area (Å²) in [5, 5.41) is 2.75. The second kappa shape index (κ2) is 9.67. The number of halogens is 1. The standard InChI is InChI=1S/C20H30FN3O2/c1-4-24(18-8-6-5-7-9-18)20(26)15(2)23(3)14-19(25)22-17-12-10-16(21)11-13-17/h10-13,15,18H,4-9,14H2,1-3H3,(H,22,25)/p+1/t15-/m1/s1. The molecule has 1 aromatic carbocycles. The van der Waals surface area contributed by atoms with E-state index in [0.29, 0.717) is 18.3 Å². The smallest absolute Gasteiger partial charge is 0.280 e. The van der Waals surface area contributed by atoms with Gasteiger partial charge in [0.1, 0.15) is 5.82 Å². The van der Waals surface area contributed by atoms with E-state index in [1.807, 2.05) is 25.8 Å². The maximum atomic E-state index is 12.9. The Kier molecular flexibility index (Phi) is 7.57. The number of hydrogen-bond donors (Lipinski definition) is 2. The van der Waals surface area contributed by atoms with Crippen molar-refractivity contribution in [2.24, 2.45) is 0 Å². The Bertz CT molecular complexity index is 600. The zero-order chi connectivity index (χ0) is 19.1. The first-order chi connectivity index (χ1) is 12.4. The lowest BCUT2D eigenvalue weighted by Gasteiger charge is -2.35. The van der Waals surface area contributed by atoms with Crippen molar-refractivity contribution in [3.05, 3.63) is 30.1 Å². The van der Waals surface area contributed by atoms with Crippen LogP contribution in [0.5, 0.6) is 0 Å². The summed E-state index contributed by atoms with van der Waals surface area (Å²) in [4.78, 5) is 28.0. The summed E-state index contributed by atoms with van der Waals surface area (Å²) in [6.45, 7) is 4.81. The summed E-state index contributed by atoms with van der Waals surface area (Å²) in [7, 11) is 1.86. The summed E-state index contributed by atoms with van der Waals surface area (Å²) in [6.07, 6.45) is 5.79. The highest BCUT2D eigenvalue weighted by atomic mass is 19.1. The zero-order valence-corrected chi connectivity index (χ0v) is 16.1. The fourth-order valence-corrected chi connectivity index (χ4v) is 3.59. The first kappa shape index (κ1) is 20.4. The molecule has 0 radical (unpaired) electrons. The molecular weight excluding hydrogens is 333 g/mol. The number of benzene rings is 1. The van der Waals surface area contributed by atoms with E-state index in [1.165, 1.54) is 43.5 Å². The van der Waals surface area contributed by atoms with E-state index in [2.05, 4.69) is 5.32 Å². The molecule has 0 aromatic heterocycles. The summed E-state index contributed by atoms with van der Waals surface area (Å²) in [5.74, 6) is -0.409. The maximum Gasteiger partial charge on any atom is 0.280 e. The van der Waals surface area contributed by atoms with Crippen molar-refractivity contribution in [2.75, 3.05) is 25.5 Å². The third-order valence-corrected chi connectivity index (χ3v) is 5.32. The molecule has 1 fully saturated rings. The lowest BCUT2D eigenvalue weighted by atomic mass is 9.93. The molecule has 1 aromatic rings. The minimum absolute atomic E-state index is 0.117. The molecule has 1 unspecified atom stereocenters. The van der Waals surface area contributed by atoms with Crippen LogP contribution < -0.4 is 10.2 Å². The van der Waals surface area contributed by atoms with Crippen LogP contribution in [0.3, 0.4) is 0 Å². The molecule has 5 nitrogen and oxygen atoms in total. The van der Waals surface area contributed by atoms with Gasteiger partial charge in [-0.25, -0.2) is 4.39 Å². The van der Waals surface area contributed by atoms with Gasteiger partial charge in [-0.05, 0) is 51.0 Å². The summed E-state index contributed by atoms with van der Waals surface area (Å²) >= 11 is 0.